The Morgan fingerprint density at radius 3 is 2.60 bits per heavy atom. The second-order valence-electron chi connectivity index (χ2n) is 7.65. The second-order valence-corrected chi connectivity index (χ2v) is 7.65. The van der Waals surface area contributed by atoms with E-state index in [4.69, 9.17) is 9.26 Å². The summed E-state index contributed by atoms with van der Waals surface area (Å²) in [5, 5.41) is 6.64. The maximum atomic E-state index is 12.4. The van der Waals surface area contributed by atoms with E-state index in [9.17, 15) is 4.79 Å². The third-order valence-corrected chi connectivity index (χ3v) is 5.14. The zero-order valence-electron chi connectivity index (χ0n) is 17.1. The predicted octanol–water partition coefficient (Wildman–Crippen LogP) is 5.65. The summed E-state index contributed by atoms with van der Waals surface area (Å²) in [6, 6.07) is 17.8. The van der Waals surface area contributed by atoms with Gasteiger partial charge in [-0.1, -0.05) is 53.5 Å². The highest BCUT2D eigenvalue weighted by Crippen LogP contribution is 2.32. The number of carbonyl (C=O) groups excluding carboxylic acids is 1. The fourth-order valence-electron chi connectivity index (χ4n) is 3.19. The zero-order valence-corrected chi connectivity index (χ0v) is 17.1. The molecule has 0 bridgehead atoms. The standard InChI is InChI=1S/C25H24N2O3/c1-17-24(26-25(28)29-18(2)22-6-4-3-5-7-22)23(30-27-17)15-14-19-8-10-20(11-9-19)16-21-12-13-21/h3-11,18,21H,12-13,16H2,1-2H3,(H,26,28)/t18-/m1/s1. The number of amides is 1. The van der Waals surface area contributed by atoms with Crippen molar-refractivity contribution in [2.45, 2.75) is 39.2 Å². The first-order chi connectivity index (χ1) is 14.6. The molecule has 1 N–H and O–H groups in total. The normalized spacial score (nSPS) is 13.8. The highest BCUT2D eigenvalue weighted by atomic mass is 16.6. The molecule has 1 heterocycles. The van der Waals surface area contributed by atoms with Crippen LogP contribution in [0.15, 0.2) is 59.1 Å². The summed E-state index contributed by atoms with van der Waals surface area (Å²) in [7, 11) is 0. The molecule has 0 unspecified atom stereocenters. The van der Waals surface area contributed by atoms with Crippen molar-refractivity contribution in [3.63, 3.8) is 0 Å². The minimum Gasteiger partial charge on any atom is -0.441 e. The quantitative estimate of drug-likeness (QED) is 0.563. The number of carbonyl (C=O) groups is 1. The number of rotatable bonds is 5. The first-order valence-electron chi connectivity index (χ1n) is 10.2. The molecule has 1 amide bonds. The van der Waals surface area contributed by atoms with Crippen LogP contribution in [-0.4, -0.2) is 11.2 Å². The summed E-state index contributed by atoms with van der Waals surface area (Å²) >= 11 is 0. The smallest absolute Gasteiger partial charge is 0.412 e. The van der Waals surface area contributed by atoms with Crippen LogP contribution in [-0.2, 0) is 11.2 Å². The SMILES string of the molecule is Cc1noc(C#Cc2ccc(CC3CC3)cc2)c1NC(=O)O[C@H](C)c1ccccc1. The van der Waals surface area contributed by atoms with E-state index in [1.165, 1.54) is 18.4 Å². The third-order valence-electron chi connectivity index (χ3n) is 5.14. The molecule has 1 fully saturated rings. The summed E-state index contributed by atoms with van der Waals surface area (Å²) in [5.41, 5.74) is 4.12. The van der Waals surface area contributed by atoms with Crippen molar-refractivity contribution in [3.05, 3.63) is 82.7 Å². The Morgan fingerprint density at radius 1 is 1.17 bits per heavy atom. The molecule has 0 radical (unpaired) electrons. The van der Waals surface area contributed by atoms with Crippen molar-refractivity contribution in [1.82, 2.24) is 5.16 Å². The van der Waals surface area contributed by atoms with Gasteiger partial charge in [-0.2, -0.15) is 0 Å². The molecule has 0 spiro atoms. The Morgan fingerprint density at radius 2 is 1.90 bits per heavy atom. The number of aromatic nitrogens is 1. The van der Waals surface area contributed by atoms with E-state index in [1.807, 2.05) is 49.4 Å². The van der Waals surface area contributed by atoms with Crippen LogP contribution in [0.3, 0.4) is 0 Å². The predicted molar refractivity (Wildman–Crippen MR) is 115 cm³/mol. The molecule has 1 aromatic heterocycles. The van der Waals surface area contributed by atoms with E-state index in [0.29, 0.717) is 17.1 Å². The molecule has 5 nitrogen and oxygen atoms in total. The topological polar surface area (TPSA) is 64.4 Å². The number of hydrogen-bond acceptors (Lipinski definition) is 4. The van der Waals surface area contributed by atoms with E-state index in [-0.39, 0.29) is 6.10 Å². The van der Waals surface area contributed by atoms with E-state index >= 15 is 0 Å². The maximum Gasteiger partial charge on any atom is 0.412 e. The summed E-state index contributed by atoms with van der Waals surface area (Å²) in [6.45, 7) is 3.57. The van der Waals surface area contributed by atoms with Gasteiger partial charge in [0.05, 0.1) is 0 Å². The Hall–Kier alpha value is -3.52. The minimum absolute atomic E-state index is 0.305. The van der Waals surface area contributed by atoms with Gasteiger partial charge in [0, 0.05) is 5.56 Å². The molecule has 30 heavy (non-hydrogen) atoms. The van der Waals surface area contributed by atoms with E-state index in [1.54, 1.807) is 6.92 Å². The molecule has 0 saturated heterocycles. The Bertz CT molecular complexity index is 1070. The first kappa shape index (κ1) is 19.8. The van der Waals surface area contributed by atoms with Gasteiger partial charge < -0.3 is 9.26 Å². The highest BCUT2D eigenvalue weighted by Gasteiger charge is 2.21. The van der Waals surface area contributed by atoms with Gasteiger partial charge in [0.1, 0.15) is 17.5 Å². The van der Waals surface area contributed by atoms with Gasteiger partial charge in [-0.15, -0.1) is 0 Å². The van der Waals surface area contributed by atoms with Crippen molar-refractivity contribution in [3.8, 4) is 11.8 Å². The van der Waals surface area contributed by atoms with Gasteiger partial charge in [0.25, 0.3) is 0 Å². The molecule has 5 heteroatoms. The van der Waals surface area contributed by atoms with Gasteiger partial charge in [0.15, 0.2) is 0 Å². The number of nitrogens with one attached hydrogen (secondary N) is 1. The zero-order chi connectivity index (χ0) is 20.9. The van der Waals surface area contributed by atoms with Crippen molar-refractivity contribution in [2.75, 3.05) is 5.32 Å². The Kier molecular flexibility index (Phi) is 5.85. The van der Waals surface area contributed by atoms with Crippen molar-refractivity contribution in [2.24, 2.45) is 5.92 Å². The van der Waals surface area contributed by atoms with E-state index in [2.05, 4.69) is 34.4 Å². The van der Waals surface area contributed by atoms with Crippen LogP contribution in [0.2, 0.25) is 0 Å². The molecule has 1 saturated carbocycles. The second kappa shape index (κ2) is 8.87. The third kappa shape index (κ3) is 5.09. The van der Waals surface area contributed by atoms with Crippen molar-refractivity contribution >= 4 is 11.8 Å². The summed E-state index contributed by atoms with van der Waals surface area (Å²) < 4.78 is 10.8. The van der Waals surface area contributed by atoms with Crippen LogP contribution in [0.5, 0.6) is 0 Å². The van der Waals surface area contributed by atoms with Crippen LogP contribution in [0.1, 0.15) is 54.0 Å². The molecule has 4 rings (SSSR count). The molecular weight excluding hydrogens is 376 g/mol. The van der Waals surface area contributed by atoms with Crippen LogP contribution in [0, 0.1) is 24.7 Å². The molecule has 2 aromatic carbocycles. The van der Waals surface area contributed by atoms with Crippen molar-refractivity contribution < 1.29 is 14.1 Å². The van der Waals surface area contributed by atoms with Gasteiger partial charge in [0.2, 0.25) is 5.76 Å². The molecule has 152 valence electrons. The van der Waals surface area contributed by atoms with Crippen LogP contribution >= 0.6 is 0 Å². The fraction of sp³-hybridized carbons (Fsp3) is 0.280. The van der Waals surface area contributed by atoms with E-state index in [0.717, 1.165) is 23.5 Å². The average molecular weight is 400 g/mol. The van der Waals surface area contributed by atoms with Crippen LogP contribution < -0.4 is 5.32 Å². The largest absolute Gasteiger partial charge is 0.441 e. The highest BCUT2D eigenvalue weighted by molar-refractivity contribution is 5.87. The van der Waals surface area contributed by atoms with E-state index < -0.39 is 6.09 Å². The lowest BCUT2D eigenvalue weighted by Gasteiger charge is -2.13. The fourth-order valence-corrected chi connectivity index (χ4v) is 3.19. The molecule has 0 aliphatic heterocycles. The Labute approximate surface area is 176 Å². The lowest BCUT2D eigenvalue weighted by molar-refractivity contribution is 0.121. The van der Waals surface area contributed by atoms with Crippen LogP contribution in [0.25, 0.3) is 0 Å². The maximum absolute atomic E-state index is 12.4. The van der Waals surface area contributed by atoms with Crippen LogP contribution in [0.4, 0.5) is 10.5 Å². The molecule has 1 aliphatic rings. The van der Waals surface area contributed by atoms with Gasteiger partial charge in [-0.05, 0) is 68.2 Å². The average Bonchev–Trinajstić information content (AvgIpc) is 3.51. The summed E-state index contributed by atoms with van der Waals surface area (Å²) in [5.74, 6) is 7.20. The molecular formula is C25H24N2O3. The number of ether oxygens (including phenoxy) is 1. The first-order valence-corrected chi connectivity index (χ1v) is 10.2. The number of aryl methyl sites for hydroxylation is 1. The Balaban J connectivity index is 1.41. The van der Waals surface area contributed by atoms with Gasteiger partial charge in [-0.3, -0.25) is 5.32 Å². The number of nitrogens with zero attached hydrogens (tertiary/aromatic N) is 1. The molecule has 1 atom stereocenters. The molecule has 3 aromatic rings. The minimum atomic E-state index is -0.579. The monoisotopic (exact) mass is 400 g/mol. The number of anilines is 1. The lowest BCUT2D eigenvalue weighted by Crippen LogP contribution is -2.16. The number of benzene rings is 2. The molecule has 1 aliphatic carbocycles. The summed E-state index contributed by atoms with van der Waals surface area (Å²) in [6.07, 6.45) is 2.87. The number of hydrogen-bond donors (Lipinski definition) is 1. The lowest BCUT2D eigenvalue weighted by atomic mass is 10.1. The van der Waals surface area contributed by atoms with Crippen molar-refractivity contribution in [1.29, 1.82) is 0 Å². The van der Waals surface area contributed by atoms with Gasteiger partial charge >= 0.3 is 6.09 Å². The summed E-state index contributed by atoms with van der Waals surface area (Å²) in [4.78, 5) is 12.4. The van der Waals surface area contributed by atoms with Gasteiger partial charge in [-0.25, -0.2) is 4.79 Å².